The summed E-state index contributed by atoms with van der Waals surface area (Å²) in [5.41, 5.74) is 0.449. The number of benzene rings is 2. The van der Waals surface area contributed by atoms with Gasteiger partial charge in [0.05, 0.1) is 23.8 Å². The van der Waals surface area contributed by atoms with Gasteiger partial charge in [0, 0.05) is 36.3 Å². The highest BCUT2D eigenvalue weighted by atomic mass is 19.4. The molecule has 230 valence electrons. The van der Waals surface area contributed by atoms with E-state index in [9.17, 15) is 32.7 Å². The van der Waals surface area contributed by atoms with Crippen molar-refractivity contribution in [2.75, 3.05) is 31.6 Å². The number of urea groups is 1. The van der Waals surface area contributed by atoms with Gasteiger partial charge in [-0.2, -0.15) is 18.4 Å². The number of halogens is 4. The average molecular weight is 599 g/mol. The fourth-order valence-electron chi connectivity index (χ4n) is 8.49. The number of nitrogens with one attached hydrogen (secondary N) is 1. The van der Waals surface area contributed by atoms with E-state index in [-0.39, 0.29) is 41.1 Å². The fourth-order valence-corrected chi connectivity index (χ4v) is 8.49. The lowest BCUT2D eigenvalue weighted by molar-refractivity contribution is -0.139. The molecule has 0 aromatic heterocycles. The number of fused-ring (bicyclic) bond motifs is 2. The van der Waals surface area contributed by atoms with Crippen molar-refractivity contribution < 1.29 is 27.5 Å². The summed E-state index contributed by atoms with van der Waals surface area (Å²) in [7, 11) is 0. The van der Waals surface area contributed by atoms with Gasteiger partial charge >= 0.3 is 12.2 Å². The molecule has 2 amide bonds. The lowest BCUT2D eigenvalue weighted by atomic mass is 9.93. The van der Waals surface area contributed by atoms with Crippen LogP contribution in [-0.2, 0) is 11.6 Å². The zero-order valence-corrected chi connectivity index (χ0v) is 24.5. The molecule has 2 aromatic rings. The molecule has 6 rings (SSSR count). The van der Waals surface area contributed by atoms with Crippen LogP contribution in [-0.4, -0.2) is 59.3 Å². The first-order valence-corrected chi connectivity index (χ1v) is 15.2. The maximum absolute atomic E-state index is 13.9. The first kappa shape index (κ1) is 29.9. The molecule has 6 nitrogen and oxygen atoms in total. The van der Waals surface area contributed by atoms with Crippen LogP contribution in [0.25, 0.3) is 0 Å². The lowest BCUT2D eigenvalue weighted by Crippen LogP contribution is -2.44. The number of nitrogens with zero attached hydrogens (tertiary/aromatic N) is 3. The van der Waals surface area contributed by atoms with Crippen molar-refractivity contribution in [3.05, 3.63) is 65.0 Å². The highest BCUT2D eigenvalue weighted by molar-refractivity contribution is 5.89. The number of unbranched alkanes of at least 4 members (excludes halogenated alkanes) is 1. The van der Waals surface area contributed by atoms with E-state index in [0.29, 0.717) is 36.4 Å². The minimum absolute atomic E-state index is 0.0613. The van der Waals surface area contributed by atoms with Gasteiger partial charge in [0.25, 0.3) is 0 Å². The number of alkyl halides is 3. The second-order valence-corrected chi connectivity index (χ2v) is 13.5. The van der Waals surface area contributed by atoms with E-state index in [4.69, 9.17) is 0 Å². The topological polar surface area (TPSA) is 79.6 Å². The van der Waals surface area contributed by atoms with Gasteiger partial charge in [-0.15, -0.1) is 0 Å². The number of carbonyl (C=O) groups is 1. The SMILES string of the molecule is CC1(C)[C@@H]2[C@@H](CO)N(CCCCN(C(=O)Nc3ccc(F)c(C(F)(F)F)c3)[C@@H]3CC[C@]4(c5ccc(C#N)cc5)C[C@H]34)C[C@H]21. The molecule has 0 bridgehead atoms. The fraction of sp³-hybridized carbons (Fsp3) is 0.576. The summed E-state index contributed by atoms with van der Waals surface area (Å²) in [6.07, 6.45) is -0.767. The summed E-state index contributed by atoms with van der Waals surface area (Å²) in [6, 6.07) is 11.9. The molecule has 10 heteroatoms. The molecule has 2 aromatic carbocycles. The summed E-state index contributed by atoms with van der Waals surface area (Å²) >= 11 is 0. The highest BCUT2D eigenvalue weighted by Gasteiger charge is 2.66. The van der Waals surface area contributed by atoms with Gasteiger partial charge in [-0.1, -0.05) is 26.0 Å². The Morgan fingerprint density at radius 2 is 1.91 bits per heavy atom. The van der Waals surface area contributed by atoms with E-state index >= 15 is 0 Å². The number of aliphatic hydroxyl groups is 1. The van der Waals surface area contributed by atoms with E-state index in [1.54, 1.807) is 4.90 Å². The molecule has 4 aliphatic rings. The molecule has 3 aliphatic carbocycles. The quantitative estimate of drug-likeness (QED) is 0.259. The number of piperidine rings is 1. The molecule has 3 saturated carbocycles. The Kier molecular flexibility index (Phi) is 7.49. The minimum atomic E-state index is -4.87. The molecule has 2 N–H and O–H groups in total. The Balaban J connectivity index is 1.15. The number of aliphatic hydroxyl groups excluding tert-OH is 1. The van der Waals surface area contributed by atoms with Crippen molar-refractivity contribution in [3.63, 3.8) is 0 Å². The number of hydrogen-bond donors (Lipinski definition) is 2. The summed E-state index contributed by atoms with van der Waals surface area (Å²) in [5, 5.41) is 21.8. The van der Waals surface area contributed by atoms with Gasteiger partial charge < -0.3 is 15.3 Å². The van der Waals surface area contributed by atoms with Crippen molar-refractivity contribution in [2.24, 2.45) is 23.2 Å². The number of amides is 2. The van der Waals surface area contributed by atoms with Gasteiger partial charge in [0.1, 0.15) is 5.82 Å². The van der Waals surface area contributed by atoms with Crippen LogP contribution < -0.4 is 5.32 Å². The smallest absolute Gasteiger partial charge is 0.395 e. The van der Waals surface area contributed by atoms with E-state index in [1.807, 2.05) is 24.3 Å². The first-order valence-electron chi connectivity index (χ1n) is 15.2. The molecule has 0 radical (unpaired) electrons. The average Bonchev–Trinajstić information content (AvgIpc) is 3.67. The van der Waals surface area contributed by atoms with Crippen LogP contribution in [0.1, 0.15) is 62.6 Å². The molecule has 0 spiro atoms. The number of likely N-dealkylation sites (tertiary alicyclic amines) is 1. The molecule has 1 aliphatic heterocycles. The van der Waals surface area contributed by atoms with E-state index in [1.165, 1.54) is 0 Å². The van der Waals surface area contributed by atoms with Gasteiger partial charge in [-0.3, -0.25) is 4.90 Å². The molecule has 1 saturated heterocycles. The van der Waals surface area contributed by atoms with E-state index in [2.05, 4.69) is 30.1 Å². The zero-order chi connectivity index (χ0) is 30.7. The Hall–Kier alpha value is -3.16. The Morgan fingerprint density at radius 3 is 2.56 bits per heavy atom. The summed E-state index contributed by atoms with van der Waals surface area (Å²) in [5.74, 6) is -0.0435. The standard InChI is InChI=1S/C33H38F4N4O2/c1-31(2)25-18-40(28(19-42)29(25)31)13-3-4-14-41(30(43)39-22-9-10-26(34)23(15-22)33(35,36)37)27-11-12-32(16-24(27)32)21-7-5-20(17-38)6-8-21/h5-10,15,24-25,27-29,42H,3-4,11-14,16,18-19H2,1-2H3,(H,39,43)/t24-,25-,27-,28-,29+,32-/m1/s1. The summed E-state index contributed by atoms with van der Waals surface area (Å²) in [6.45, 7) is 6.89. The number of nitriles is 1. The number of anilines is 1. The minimum Gasteiger partial charge on any atom is -0.395 e. The molecular weight excluding hydrogens is 560 g/mol. The van der Waals surface area contributed by atoms with Crippen molar-refractivity contribution in [3.8, 4) is 6.07 Å². The molecule has 1 heterocycles. The van der Waals surface area contributed by atoms with Crippen LogP contribution in [0.5, 0.6) is 0 Å². The van der Waals surface area contributed by atoms with Gasteiger partial charge in [0.15, 0.2) is 0 Å². The molecular formula is C33H38F4N4O2. The van der Waals surface area contributed by atoms with Gasteiger partial charge in [0.2, 0.25) is 0 Å². The van der Waals surface area contributed by atoms with Crippen molar-refractivity contribution in [1.29, 1.82) is 5.26 Å². The van der Waals surface area contributed by atoms with E-state index < -0.39 is 23.6 Å². The van der Waals surface area contributed by atoms with Crippen molar-refractivity contribution in [1.82, 2.24) is 9.80 Å². The van der Waals surface area contributed by atoms with Crippen LogP contribution >= 0.6 is 0 Å². The predicted octanol–water partition coefficient (Wildman–Crippen LogP) is 6.40. The third kappa shape index (κ3) is 5.29. The third-order valence-corrected chi connectivity index (χ3v) is 11.0. The number of rotatable bonds is 9. The third-order valence-electron chi connectivity index (χ3n) is 11.0. The Bertz CT molecular complexity index is 1420. The van der Waals surface area contributed by atoms with Crippen LogP contribution in [0, 0.1) is 40.3 Å². The van der Waals surface area contributed by atoms with Gasteiger partial charge in [-0.25, -0.2) is 9.18 Å². The first-order chi connectivity index (χ1) is 20.4. The predicted molar refractivity (Wildman–Crippen MR) is 154 cm³/mol. The number of hydrogen-bond acceptors (Lipinski definition) is 4. The lowest BCUT2D eigenvalue weighted by Gasteiger charge is -2.32. The summed E-state index contributed by atoms with van der Waals surface area (Å²) in [4.78, 5) is 17.8. The molecule has 4 fully saturated rings. The van der Waals surface area contributed by atoms with Crippen LogP contribution in [0.2, 0.25) is 0 Å². The molecule has 43 heavy (non-hydrogen) atoms. The monoisotopic (exact) mass is 598 g/mol. The normalized spacial score (nSPS) is 30.3. The van der Waals surface area contributed by atoms with E-state index in [0.717, 1.165) is 56.5 Å². The second-order valence-electron chi connectivity index (χ2n) is 13.5. The van der Waals surface area contributed by atoms with Gasteiger partial charge in [-0.05, 0) is 97.7 Å². The maximum atomic E-state index is 13.9. The van der Waals surface area contributed by atoms with Crippen LogP contribution in [0.4, 0.5) is 28.0 Å². The summed E-state index contributed by atoms with van der Waals surface area (Å²) < 4.78 is 53.9. The van der Waals surface area contributed by atoms with Crippen molar-refractivity contribution in [2.45, 2.75) is 69.6 Å². The highest BCUT2D eigenvalue weighted by Crippen LogP contribution is 2.66. The Morgan fingerprint density at radius 1 is 1.16 bits per heavy atom. The van der Waals surface area contributed by atoms with Crippen LogP contribution in [0.3, 0.4) is 0 Å². The maximum Gasteiger partial charge on any atom is 0.419 e. The zero-order valence-electron chi connectivity index (χ0n) is 24.5. The largest absolute Gasteiger partial charge is 0.419 e. The Labute approximate surface area is 249 Å². The van der Waals surface area contributed by atoms with Crippen molar-refractivity contribution >= 4 is 11.7 Å². The molecule has 0 unspecified atom stereocenters. The molecule has 6 atom stereocenters. The second kappa shape index (κ2) is 10.8. The number of carbonyl (C=O) groups excluding carboxylic acids is 1. The van der Waals surface area contributed by atoms with Crippen LogP contribution in [0.15, 0.2) is 42.5 Å².